The molecule has 4 heteroatoms. The Bertz CT molecular complexity index is 555. The number of hydrogen-bond donors (Lipinski definition) is 1. The third-order valence-corrected chi connectivity index (χ3v) is 3.14. The topological polar surface area (TPSA) is 29.5 Å². The second-order valence-electron chi connectivity index (χ2n) is 3.86. The molecule has 1 N–H and O–H groups in total. The van der Waals surface area contributed by atoms with E-state index in [-0.39, 0.29) is 5.56 Å². The van der Waals surface area contributed by atoms with Crippen LogP contribution < -0.4 is 4.74 Å². The zero-order valence-corrected chi connectivity index (χ0v) is 11.3. The van der Waals surface area contributed by atoms with Gasteiger partial charge in [0, 0.05) is 0 Å². The van der Waals surface area contributed by atoms with Gasteiger partial charge in [0.25, 0.3) is 0 Å². The van der Waals surface area contributed by atoms with Crippen molar-refractivity contribution in [3.8, 4) is 11.5 Å². The van der Waals surface area contributed by atoms with Crippen molar-refractivity contribution < 1.29 is 14.2 Å². The van der Waals surface area contributed by atoms with Crippen molar-refractivity contribution in [1.29, 1.82) is 0 Å². The molecule has 0 aliphatic carbocycles. The van der Waals surface area contributed by atoms with Crippen LogP contribution >= 0.6 is 15.9 Å². The van der Waals surface area contributed by atoms with Gasteiger partial charge in [0.05, 0.1) is 16.1 Å². The molecule has 2 rings (SSSR count). The van der Waals surface area contributed by atoms with Crippen LogP contribution in [0.25, 0.3) is 0 Å². The molecule has 2 aromatic rings. The third kappa shape index (κ3) is 2.71. The highest BCUT2D eigenvalue weighted by Crippen LogP contribution is 2.34. The maximum absolute atomic E-state index is 13.7. The fourth-order valence-corrected chi connectivity index (χ4v) is 2.02. The van der Waals surface area contributed by atoms with Gasteiger partial charge in [0.2, 0.25) is 0 Å². The molecule has 1 atom stereocenters. The van der Waals surface area contributed by atoms with Gasteiger partial charge in [-0.15, -0.1) is 0 Å². The van der Waals surface area contributed by atoms with Crippen LogP contribution in [-0.4, -0.2) is 5.11 Å². The lowest BCUT2D eigenvalue weighted by Gasteiger charge is -2.14. The van der Waals surface area contributed by atoms with E-state index in [0.29, 0.717) is 11.5 Å². The van der Waals surface area contributed by atoms with E-state index in [9.17, 15) is 9.50 Å². The molecule has 0 heterocycles. The first kappa shape index (κ1) is 13.1. The second-order valence-corrected chi connectivity index (χ2v) is 4.71. The molecule has 0 unspecified atom stereocenters. The zero-order chi connectivity index (χ0) is 13.1. The van der Waals surface area contributed by atoms with Gasteiger partial charge in [0.15, 0.2) is 0 Å². The first-order valence-electron chi connectivity index (χ1n) is 5.48. The maximum atomic E-state index is 13.7. The van der Waals surface area contributed by atoms with Crippen molar-refractivity contribution in [3.05, 3.63) is 58.3 Å². The zero-order valence-electron chi connectivity index (χ0n) is 9.73. The highest BCUT2D eigenvalue weighted by Gasteiger charge is 2.15. The summed E-state index contributed by atoms with van der Waals surface area (Å²) in [6.07, 6.45) is -0.927. The molecule has 0 fully saturated rings. The van der Waals surface area contributed by atoms with E-state index in [1.165, 1.54) is 13.0 Å². The van der Waals surface area contributed by atoms with Crippen molar-refractivity contribution in [2.24, 2.45) is 0 Å². The molecule has 0 bridgehead atoms. The van der Waals surface area contributed by atoms with Crippen LogP contribution in [0.3, 0.4) is 0 Å². The summed E-state index contributed by atoms with van der Waals surface area (Å²) in [7, 11) is 0. The number of halogens is 2. The fraction of sp³-hybridized carbons (Fsp3) is 0.143. The van der Waals surface area contributed by atoms with Crippen LogP contribution in [0, 0.1) is 5.82 Å². The molecular formula is C14H12BrFO2. The number of para-hydroxylation sites is 1. The minimum Gasteiger partial charge on any atom is -0.456 e. The number of aliphatic hydroxyl groups excluding tert-OH is 1. The van der Waals surface area contributed by atoms with Crippen LogP contribution in [0.15, 0.2) is 46.9 Å². The molecule has 0 saturated carbocycles. The summed E-state index contributed by atoms with van der Waals surface area (Å²) in [6.45, 7) is 1.51. The van der Waals surface area contributed by atoms with Gasteiger partial charge in [-0.3, -0.25) is 0 Å². The predicted molar refractivity (Wildman–Crippen MR) is 71.2 cm³/mol. The predicted octanol–water partition coefficient (Wildman–Crippen LogP) is 4.43. The highest BCUT2D eigenvalue weighted by molar-refractivity contribution is 9.10. The Hall–Kier alpha value is -1.39. The van der Waals surface area contributed by atoms with Crippen LogP contribution in [-0.2, 0) is 0 Å². The third-order valence-electron chi connectivity index (χ3n) is 2.49. The molecule has 2 nitrogen and oxygen atoms in total. The molecule has 2 aromatic carbocycles. The summed E-state index contributed by atoms with van der Waals surface area (Å²) in [5, 5.41) is 9.60. The Kier molecular flexibility index (Phi) is 3.99. The van der Waals surface area contributed by atoms with E-state index >= 15 is 0 Å². The highest BCUT2D eigenvalue weighted by atomic mass is 79.9. The molecule has 0 aliphatic heterocycles. The van der Waals surface area contributed by atoms with Crippen molar-refractivity contribution >= 4 is 15.9 Å². The largest absolute Gasteiger partial charge is 0.456 e. The average Bonchev–Trinajstić information content (AvgIpc) is 2.31. The summed E-state index contributed by atoms with van der Waals surface area (Å²) in [5.74, 6) is 0.413. The molecule has 18 heavy (non-hydrogen) atoms. The number of hydrogen-bond acceptors (Lipinski definition) is 2. The lowest BCUT2D eigenvalue weighted by molar-refractivity contribution is 0.190. The van der Waals surface area contributed by atoms with E-state index in [0.717, 1.165) is 4.47 Å². The van der Waals surface area contributed by atoms with Gasteiger partial charge in [-0.05, 0) is 47.1 Å². The van der Waals surface area contributed by atoms with Gasteiger partial charge in [-0.25, -0.2) is 4.39 Å². The monoisotopic (exact) mass is 310 g/mol. The van der Waals surface area contributed by atoms with Crippen LogP contribution in [0.4, 0.5) is 4.39 Å². The Morgan fingerprint density at radius 2 is 1.78 bits per heavy atom. The van der Waals surface area contributed by atoms with E-state index in [1.807, 2.05) is 18.2 Å². The fourth-order valence-electron chi connectivity index (χ4n) is 1.66. The number of aliphatic hydroxyl groups is 1. The van der Waals surface area contributed by atoms with E-state index < -0.39 is 11.9 Å². The van der Waals surface area contributed by atoms with Gasteiger partial charge in [-0.2, -0.15) is 0 Å². The molecule has 0 aromatic heterocycles. The summed E-state index contributed by atoms with van der Waals surface area (Å²) in [5.41, 5.74) is 0.160. The normalized spacial score (nSPS) is 12.2. The van der Waals surface area contributed by atoms with Crippen molar-refractivity contribution in [2.75, 3.05) is 0 Å². The Labute approximate surface area is 113 Å². The van der Waals surface area contributed by atoms with Crippen LogP contribution in [0.1, 0.15) is 18.6 Å². The van der Waals surface area contributed by atoms with Crippen LogP contribution in [0.2, 0.25) is 0 Å². The number of benzene rings is 2. The van der Waals surface area contributed by atoms with Crippen molar-refractivity contribution in [3.63, 3.8) is 0 Å². The van der Waals surface area contributed by atoms with E-state index in [2.05, 4.69) is 15.9 Å². The molecule has 0 amide bonds. The van der Waals surface area contributed by atoms with Crippen molar-refractivity contribution in [1.82, 2.24) is 0 Å². The van der Waals surface area contributed by atoms with Gasteiger partial charge in [0.1, 0.15) is 17.3 Å². The summed E-state index contributed by atoms with van der Waals surface area (Å²) in [4.78, 5) is 0. The summed E-state index contributed by atoms with van der Waals surface area (Å²) in [6, 6.07) is 11.8. The molecule has 0 spiro atoms. The minimum absolute atomic E-state index is 0.160. The molecular weight excluding hydrogens is 299 g/mol. The smallest absolute Gasteiger partial charge is 0.141 e. The standard InChI is InChI=1S/C14H12BrFO2/c1-9(17)14-11(16)6-4-8-13(14)18-12-7-3-2-5-10(12)15/h2-9,17H,1H3/t9-/m0/s1. The SMILES string of the molecule is C[C@H](O)c1c(F)cccc1Oc1ccccc1Br. The minimum atomic E-state index is -0.927. The summed E-state index contributed by atoms with van der Waals surface area (Å²) < 4.78 is 20.1. The van der Waals surface area contributed by atoms with Gasteiger partial charge < -0.3 is 9.84 Å². The Balaban J connectivity index is 2.41. The number of rotatable bonds is 3. The lowest BCUT2D eigenvalue weighted by atomic mass is 10.1. The second kappa shape index (κ2) is 5.50. The first-order chi connectivity index (χ1) is 8.59. The molecule has 94 valence electrons. The quantitative estimate of drug-likeness (QED) is 0.908. The summed E-state index contributed by atoms with van der Waals surface area (Å²) >= 11 is 3.35. The van der Waals surface area contributed by atoms with Gasteiger partial charge >= 0.3 is 0 Å². The first-order valence-corrected chi connectivity index (χ1v) is 6.27. The molecule has 0 radical (unpaired) electrons. The number of ether oxygens (including phenoxy) is 1. The maximum Gasteiger partial charge on any atom is 0.141 e. The Morgan fingerprint density at radius 3 is 2.44 bits per heavy atom. The van der Waals surface area contributed by atoms with Gasteiger partial charge in [-0.1, -0.05) is 18.2 Å². The Morgan fingerprint density at radius 1 is 1.11 bits per heavy atom. The van der Waals surface area contributed by atoms with E-state index in [1.54, 1.807) is 18.2 Å². The van der Waals surface area contributed by atoms with E-state index in [4.69, 9.17) is 4.74 Å². The van der Waals surface area contributed by atoms with Crippen LogP contribution in [0.5, 0.6) is 11.5 Å². The van der Waals surface area contributed by atoms with Crippen molar-refractivity contribution in [2.45, 2.75) is 13.0 Å². The molecule has 0 aliphatic rings. The lowest BCUT2D eigenvalue weighted by Crippen LogP contribution is -2.00. The average molecular weight is 311 g/mol. The molecule has 0 saturated heterocycles.